The van der Waals surface area contributed by atoms with E-state index in [1.54, 1.807) is 23.3 Å². The lowest BCUT2D eigenvalue weighted by atomic mass is 9.89. The van der Waals surface area contributed by atoms with Gasteiger partial charge in [-0.05, 0) is 31.5 Å². The molecule has 8 heteroatoms. The summed E-state index contributed by atoms with van der Waals surface area (Å²) in [6, 6.07) is 3.74. The number of ether oxygens (including phenoxy) is 1. The molecule has 134 valence electrons. The zero-order valence-electron chi connectivity index (χ0n) is 14.8. The van der Waals surface area contributed by atoms with Gasteiger partial charge < -0.3 is 13.6 Å². The summed E-state index contributed by atoms with van der Waals surface area (Å²) >= 11 is 0. The summed E-state index contributed by atoms with van der Waals surface area (Å²) in [5, 5.41) is 9.03. The van der Waals surface area contributed by atoms with E-state index in [0.717, 1.165) is 34.1 Å². The van der Waals surface area contributed by atoms with E-state index in [1.807, 2.05) is 12.1 Å². The number of hydrogen-bond donors (Lipinski definition) is 0. The number of fused-ring (bicyclic) bond motifs is 7. The standard InChI is InChI=1S/C19H15N5O3/c1-19(2)6-10-11(7-26-19)14(12-4-3-5-25-12)22-18-13(10)15-16(27-18)17-23-21-9-24(17)8-20-15/h3-5,8-9H,6-7H2,1-2H3. The second-order valence-electron chi connectivity index (χ2n) is 7.39. The third-order valence-electron chi connectivity index (χ3n) is 5.08. The molecule has 5 aromatic rings. The molecule has 1 aliphatic rings. The van der Waals surface area contributed by atoms with Gasteiger partial charge >= 0.3 is 0 Å². The van der Waals surface area contributed by atoms with Crippen LogP contribution in [0.3, 0.4) is 0 Å². The Morgan fingerprint density at radius 1 is 1.19 bits per heavy atom. The molecule has 0 aromatic carbocycles. The summed E-state index contributed by atoms with van der Waals surface area (Å²) in [5.74, 6) is 0.692. The van der Waals surface area contributed by atoms with Crippen LogP contribution in [0.4, 0.5) is 0 Å². The topological polar surface area (TPSA) is 91.5 Å². The zero-order chi connectivity index (χ0) is 18.2. The fourth-order valence-corrected chi connectivity index (χ4v) is 3.82. The molecule has 0 radical (unpaired) electrons. The van der Waals surface area contributed by atoms with Crippen LogP contribution in [0.25, 0.3) is 39.3 Å². The summed E-state index contributed by atoms with van der Waals surface area (Å²) in [6.07, 6.45) is 5.66. The highest BCUT2D eigenvalue weighted by molar-refractivity contribution is 6.08. The summed E-state index contributed by atoms with van der Waals surface area (Å²) in [4.78, 5) is 9.37. The molecule has 0 saturated heterocycles. The molecule has 0 bridgehead atoms. The first-order valence-corrected chi connectivity index (χ1v) is 8.71. The normalized spacial score (nSPS) is 16.4. The molecule has 6 rings (SSSR count). The Hall–Kier alpha value is -3.26. The van der Waals surface area contributed by atoms with E-state index in [0.29, 0.717) is 29.3 Å². The largest absolute Gasteiger partial charge is 0.463 e. The van der Waals surface area contributed by atoms with Crippen LogP contribution in [0.5, 0.6) is 0 Å². The van der Waals surface area contributed by atoms with Crippen molar-refractivity contribution in [2.75, 3.05) is 0 Å². The Bertz CT molecular complexity index is 1330. The minimum Gasteiger partial charge on any atom is -0.463 e. The SMILES string of the molecule is CC1(C)Cc2c(c(-c3ccco3)nc3oc4c(ncn5cnnc45)c23)CO1. The average molecular weight is 361 g/mol. The Morgan fingerprint density at radius 3 is 2.96 bits per heavy atom. The van der Waals surface area contributed by atoms with Crippen LogP contribution >= 0.6 is 0 Å². The number of pyridine rings is 1. The van der Waals surface area contributed by atoms with Gasteiger partial charge in [-0.1, -0.05) is 0 Å². The number of furan rings is 2. The number of hydrogen-bond acceptors (Lipinski definition) is 7. The Balaban J connectivity index is 1.78. The van der Waals surface area contributed by atoms with Crippen molar-refractivity contribution in [3.05, 3.63) is 42.2 Å². The van der Waals surface area contributed by atoms with Gasteiger partial charge in [-0.25, -0.2) is 9.97 Å². The van der Waals surface area contributed by atoms with Gasteiger partial charge in [0.05, 0.1) is 23.9 Å². The van der Waals surface area contributed by atoms with Gasteiger partial charge in [-0.3, -0.25) is 4.40 Å². The maximum Gasteiger partial charge on any atom is 0.230 e. The lowest BCUT2D eigenvalue weighted by molar-refractivity contribution is -0.0395. The third kappa shape index (κ3) is 2.01. The van der Waals surface area contributed by atoms with Gasteiger partial charge in [0.15, 0.2) is 5.76 Å². The summed E-state index contributed by atoms with van der Waals surface area (Å²) in [5.41, 5.74) is 5.09. The lowest BCUT2D eigenvalue weighted by Crippen LogP contribution is -2.32. The van der Waals surface area contributed by atoms with Crippen LogP contribution in [0.15, 0.2) is 39.9 Å². The molecule has 6 heterocycles. The average Bonchev–Trinajstić information content (AvgIpc) is 3.37. The first-order valence-electron chi connectivity index (χ1n) is 8.71. The molecular formula is C19H15N5O3. The predicted octanol–water partition coefficient (Wildman–Crippen LogP) is 3.53. The van der Waals surface area contributed by atoms with E-state index in [2.05, 4.69) is 29.0 Å². The van der Waals surface area contributed by atoms with Crippen molar-refractivity contribution < 1.29 is 13.6 Å². The molecule has 0 amide bonds. The predicted molar refractivity (Wildman–Crippen MR) is 96.1 cm³/mol. The Kier molecular flexibility index (Phi) is 2.71. The summed E-state index contributed by atoms with van der Waals surface area (Å²) in [6.45, 7) is 4.63. The molecule has 8 nitrogen and oxygen atoms in total. The van der Waals surface area contributed by atoms with Crippen molar-refractivity contribution in [1.82, 2.24) is 24.6 Å². The fraction of sp³-hybridized carbons (Fsp3) is 0.263. The van der Waals surface area contributed by atoms with Crippen LogP contribution in [0, 0.1) is 0 Å². The van der Waals surface area contributed by atoms with Gasteiger partial charge in [0.1, 0.15) is 23.9 Å². The highest BCUT2D eigenvalue weighted by atomic mass is 16.5. The maximum absolute atomic E-state index is 6.12. The van der Waals surface area contributed by atoms with E-state index in [9.17, 15) is 0 Å². The molecule has 1 aliphatic heterocycles. The quantitative estimate of drug-likeness (QED) is 0.451. The molecular weight excluding hydrogens is 346 g/mol. The minimum atomic E-state index is -0.287. The molecule has 27 heavy (non-hydrogen) atoms. The van der Waals surface area contributed by atoms with Crippen molar-refractivity contribution in [1.29, 1.82) is 0 Å². The zero-order valence-corrected chi connectivity index (χ0v) is 14.8. The maximum atomic E-state index is 6.12. The van der Waals surface area contributed by atoms with Crippen molar-refractivity contribution in [2.45, 2.75) is 32.5 Å². The number of nitrogens with zero attached hydrogens (tertiary/aromatic N) is 5. The summed E-state index contributed by atoms with van der Waals surface area (Å²) in [7, 11) is 0. The van der Waals surface area contributed by atoms with Crippen LogP contribution in [-0.2, 0) is 17.8 Å². The van der Waals surface area contributed by atoms with Gasteiger partial charge in [-0.2, -0.15) is 0 Å². The van der Waals surface area contributed by atoms with Gasteiger partial charge in [0, 0.05) is 12.0 Å². The lowest BCUT2D eigenvalue weighted by Gasteiger charge is -2.32. The third-order valence-corrected chi connectivity index (χ3v) is 5.08. The smallest absolute Gasteiger partial charge is 0.230 e. The fourth-order valence-electron chi connectivity index (χ4n) is 3.82. The first-order chi connectivity index (χ1) is 13.1. The minimum absolute atomic E-state index is 0.287. The molecule has 0 atom stereocenters. The molecule has 0 spiro atoms. The van der Waals surface area contributed by atoms with Crippen molar-refractivity contribution in [3.63, 3.8) is 0 Å². The van der Waals surface area contributed by atoms with Crippen LogP contribution < -0.4 is 0 Å². The van der Waals surface area contributed by atoms with Crippen molar-refractivity contribution in [3.8, 4) is 11.5 Å². The van der Waals surface area contributed by atoms with Crippen LogP contribution in [0.1, 0.15) is 25.0 Å². The molecule has 5 aromatic heterocycles. The van der Waals surface area contributed by atoms with Gasteiger partial charge in [0.2, 0.25) is 16.9 Å². The molecule has 0 unspecified atom stereocenters. The molecule has 0 aliphatic carbocycles. The van der Waals surface area contributed by atoms with Crippen molar-refractivity contribution in [2.24, 2.45) is 0 Å². The van der Waals surface area contributed by atoms with E-state index >= 15 is 0 Å². The van der Waals surface area contributed by atoms with Crippen LogP contribution in [-0.4, -0.2) is 30.2 Å². The first kappa shape index (κ1) is 14.9. The second kappa shape index (κ2) is 4.92. The number of aromatic nitrogens is 5. The van der Waals surface area contributed by atoms with Gasteiger partial charge in [-0.15, -0.1) is 10.2 Å². The van der Waals surface area contributed by atoms with Gasteiger partial charge in [0.25, 0.3) is 0 Å². The molecule has 0 N–H and O–H groups in total. The molecule has 0 saturated carbocycles. The highest BCUT2D eigenvalue weighted by Gasteiger charge is 2.33. The van der Waals surface area contributed by atoms with E-state index in [4.69, 9.17) is 18.6 Å². The van der Waals surface area contributed by atoms with Crippen LogP contribution in [0.2, 0.25) is 0 Å². The Morgan fingerprint density at radius 2 is 2.11 bits per heavy atom. The van der Waals surface area contributed by atoms with Crippen molar-refractivity contribution >= 4 is 27.8 Å². The van der Waals surface area contributed by atoms with E-state index in [-0.39, 0.29) is 5.60 Å². The van der Waals surface area contributed by atoms with E-state index < -0.39 is 0 Å². The Labute approximate surface area is 152 Å². The number of rotatable bonds is 1. The monoisotopic (exact) mass is 361 g/mol. The summed E-state index contributed by atoms with van der Waals surface area (Å²) < 4.78 is 19.5. The second-order valence-corrected chi connectivity index (χ2v) is 7.39. The van der Waals surface area contributed by atoms with E-state index in [1.165, 1.54) is 0 Å². The highest BCUT2D eigenvalue weighted by Crippen LogP contribution is 2.41. The molecule has 0 fully saturated rings.